The van der Waals surface area contributed by atoms with Gasteiger partial charge in [-0.1, -0.05) is 0 Å². The van der Waals surface area contributed by atoms with Gasteiger partial charge < -0.3 is 5.11 Å². The molecule has 0 bridgehead atoms. The molecule has 0 saturated carbocycles. The molecule has 0 aromatic rings. The van der Waals surface area contributed by atoms with Crippen LogP contribution in [-0.2, 0) is 4.79 Å². The zero-order valence-electron chi connectivity index (χ0n) is 6.51. The first-order valence-corrected chi connectivity index (χ1v) is 3.27. The molecule has 10 heavy (non-hydrogen) atoms. The topological polar surface area (TPSA) is 61.4 Å². The third-order valence-corrected chi connectivity index (χ3v) is 0.863. The summed E-state index contributed by atoms with van der Waals surface area (Å²) in [5, 5.41) is 8.68. The number of hydrazine groups is 1. The van der Waals surface area contributed by atoms with E-state index in [-0.39, 0.29) is 6.04 Å². The first-order chi connectivity index (χ1) is 4.54. The fourth-order valence-corrected chi connectivity index (χ4v) is 0.320. The number of hydrogen-bond donors (Lipinski definition) is 3. The van der Waals surface area contributed by atoms with E-state index in [0.717, 1.165) is 0 Å². The summed E-state index contributed by atoms with van der Waals surface area (Å²) in [4.78, 5) is 10.6. The second-order valence-electron chi connectivity index (χ2n) is 2.46. The van der Waals surface area contributed by atoms with Crippen LogP contribution in [0.2, 0.25) is 0 Å². The van der Waals surface area contributed by atoms with Crippen molar-refractivity contribution in [2.45, 2.75) is 32.9 Å². The fourth-order valence-electron chi connectivity index (χ4n) is 0.320. The molecule has 0 aromatic carbocycles. The number of rotatable bonds is 3. The molecular formula is C6H14N2O2. The summed E-state index contributed by atoms with van der Waals surface area (Å²) < 4.78 is 0. The molecule has 0 spiro atoms. The van der Waals surface area contributed by atoms with Crippen molar-refractivity contribution in [1.82, 2.24) is 10.9 Å². The van der Waals surface area contributed by atoms with Crippen molar-refractivity contribution in [3.8, 4) is 0 Å². The first-order valence-electron chi connectivity index (χ1n) is 3.27. The van der Waals surface area contributed by atoms with Gasteiger partial charge in [-0.15, -0.1) is 0 Å². The first kappa shape index (κ1) is 9.39. The Balaban J connectivity index is 3.40. The van der Waals surface area contributed by atoms with E-state index in [2.05, 4.69) is 10.9 Å². The lowest BCUT2D eigenvalue weighted by Gasteiger charge is -2.10. The Morgan fingerprint density at radius 1 is 1.40 bits per heavy atom. The number of hydrogen-bond acceptors (Lipinski definition) is 3. The Morgan fingerprint density at radius 2 is 1.90 bits per heavy atom. The Labute approximate surface area is 60.6 Å². The quantitative estimate of drug-likeness (QED) is 0.466. The summed E-state index contributed by atoms with van der Waals surface area (Å²) in [5.74, 6) is -0.409. The van der Waals surface area contributed by atoms with Crippen LogP contribution in [0.1, 0.15) is 20.8 Å². The van der Waals surface area contributed by atoms with E-state index in [1.807, 2.05) is 13.8 Å². The fraction of sp³-hybridized carbons (Fsp3) is 0.833. The van der Waals surface area contributed by atoms with E-state index in [9.17, 15) is 4.79 Å². The molecule has 0 aliphatic carbocycles. The van der Waals surface area contributed by atoms with Crippen LogP contribution in [0.3, 0.4) is 0 Å². The molecule has 0 rings (SSSR count). The van der Waals surface area contributed by atoms with Crippen LogP contribution in [0, 0.1) is 0 Å². The highest BCUT2D eigenvalue weighted by atomic mass is 16.3. The number of aliphatic hydroxyl groups is 1. The molecule has 0 aliphatic rings. The van der Waals surface area contributed by atoms with Crippen LogP contribution in [-0.4, -0.2) is 23.2 Å². The monoisotopic (exact) mass is 146 g/mol. The summed E-state index contributed by atoms with van der Waals surface area (Å²) in [6.07, 6.45) is -0.953. The van der Waals surface area contributed by atoms with Gasteiger partial charge in [-0.05, 0) is 20.8 Å². The van der Waals surface area contributed by atoms with Crippen LogP contribution < -0.4 is 10.9 Å². The number of amides is 1. The Morgan fingerprint density at radius 3 is 2.20 bits per heavy atom. The predicted octanol–water partition coefficient (Wildman–Crippen LogP) is -0.604. The molecule has 1 atom stereocenters. The number of carbonyl (C=O) groups is 1. The molecule has 4 nitrogen and oxygen atoms in total. The molecule has 0 aromatic heterocycles. The molecular weight excluding hydrogens is 132 g/mol. The van der Waals surface area contributed by atoms with E-state index in [4.69, 9.17) is 5.11 Å². The van der Waals surface area contributed by atoms with E-state index >= 15 is 0 Å². The highest BCUT2D eigenvalue weighted by Gasteiger charge is 2.06. The average Bonchev–Trinajstić information content (AvgIpc) is 1.82. The summed E-state index contributed by atoms with van der Waals surface area (Å²) >= 11 is 0. The van der Waals surface area contributed by atoms with Gasteiger partial charge in [-0.2, -0.15) is 0 Å². The lowest BCUT2D eigenvalue weighted by molar-refractivity contribution is -0.129. The van der Waals surface area contributed by atoms with Crippen molar-refractivity contribution in [3.63, 3.8) is 0 Å². The number of nitrogens with one attached hydrogen (secondary N) is 2. The maximum atomic E-state index is 10.6. The van der Waals surface area contributed by atoms with E-state index in [0.29, 0.717) is 0 Å². The van der Waals surface area contributed by atoms with Crippen molar-refractivity contribution in [2.24, 2.45) is 0 Å². The molecule has 4 heteroatoms. The van der Waals surface area contributed by atoms with Crippen LogP contribution in [0.4, 0.5) is 0 Å². The Hall–Kier alpha value is -0.610. The normalized spacial score (nSPS) is 13.3. The minimum atomic E-state index is -0.953. The van der Waals surface area contributed by atoms with Gasteiger partial charge in [0.2, 0.25) is 0 Å². The molecule has 0 heterocycles. The minimum absolute atomic E-state index is 0.183. The third kappa shape index (κ3) is 4.29. The van der Waals surface area contributed by atoms with Crippen molar-refractivity contribution in [2.75, 3.05) is 0 Å². The molecule has 0 aliphatic heterocycles. The second-order valence-corrected chi connectivity index (χ2v) is 2.46. The van der Waals surface area contributed by atoms with Gasteiger partial charge >= 0.3 is 0 Å². The van der Waals surface area contributed by atoms with Crippen LogP contribution >= 0.6 is 0 Å². The molecule has 0 saturated heterocycles. The van der Waals surface area contributed by atoms with Crippen molar-refractivity contribution < 1.29 is 9.90 Å². The molecule has 3 N–H and O–H groups in total. The number of carbonyl (C=O) groups excluding carboxylic acids is 1. The standard InChI is InChI=1S/C6H14N2O2/c1-4(2)7-8-6(10)5(3)9/h4-5,7,9H,1-3H3,(H,8,10)/t5-/m0/s1. The smallest absolute Gasteiger partial charge is 0.262 e. The lowest BCUT2D eigenvalue weighted by Crippen LogP contribution is -2.45. The zero-order valence-corrected chi connectivity index (χ0v) is 6.51. The van der Waals surface area contributed by atoms with E-state index in [1.54, 1.807) is 0 Å². The van der Waals surface area contributed by atoms with Crippen LogP contribution in [0.5, 0.6) is 0 Å². The molecule has 0 unspecified atom stereocenters. The Kier molecular flexibility index (Phi) is 3.99. The molecule has 0 fully saturated rings. The molecule has 0 radical (unpaired) electrons. The summed E-state index contributed by atoms with van der Waals surface area (Å²) in [6.45, 7) is 5.20. The average molecular weight is 146 g/mol. The highest BCUT2D eigenvalue weighted by molar-refractivity contribution is 5.79. The lowest BCUT2D eigenvalue weighted by atomic mass is 10.4. The van der Waals surface area contributed by atoms with Gasteiger partial charge in [0.05, 0.1) is 0 Å². The number of aliphatic hydroxyl groups excluding tert-OH is 1. The van der Waals surface area contributed by atoms with Crippen LogP contribution in [0.25, 0.3) is 0 Å². The van der Waals surface area contributed by atoms with Crippen molar-refractivity contribution in [1.29, 1.82) is 0 Å². The molecule has 1 amide bonds. The predicted molar refractivity (Wildman–Crippen MR) is 38.1 cm³/mol. The summed E-state index contributed by atoms with van der Waals surface area (Å²) in [7, 11) is 0. The third-order valence-electron chi connectivity index (χ3n) is 0.863. The minimum Gasteiger partial charge on any atom is -0.384 e. The Bertz CT molecular complexity index is 112. The van der Waals surface area contributed by atoms with Gasteiger partial charge in [0.25, 0.3) is 5.91 Å². The second kappa shape index (κ2) is 4.24. The largest absolute Gasteiger partial charge is 0.384 e. The van der Waals surface area contributed by atoms with Crippen molar-refractivity contribution >= 4 is 5.91 Å². The zero-order chi connectivity index (χ0) is 8.15. The highest BCUT2D eigenvalue weighted by Crippen LogP contribution is 1.77. The van der Waals surface area contributed by atoms with Gasteiger partial charge in [0.15, 0.2) is 0 Å². The van der Waals surface area contributed by atoms with E-state index < -0.39 is 12.0 Å². The van der Waals surface area contributed by atoms with E-state index in [1.165, 1.54) is 6.92 Å². The summed E-state index contributed by atoms with van der Waals surface area (Å²) in [5.41, 5.74) is 5.01. The molecule has 60 valence electrons. The maximum Gasteiger partial charge on any atom is 0.262 e. The SMILES string of the molecule is CC(C)NNC(=O)[C@H](C)O. The van der Waals surface area contributed by atoms with Gasteiger partial charge in [0.1, 0.15) is 6.10 Å². The van der Waals surface area contributed by atoms with Crippen LogP contribution in [0.15, 0.2) is 0 Å². The van der Waals surface area contributed by atoms with Crippen molar-refractivity contribution in [3.05, 3.63) is 0 Å². The van der Waals surface area contributed by atoms with Gasteiger partial charge in [0, 0.05) is 6.04 Å². The van der Waals surface area contributed by atoms with Gasteiger partial charge in [-0.3, -0.25) is 10.2 Å². The summed E-state index contributed by atoms with van der Waals surface area (Å²) in [6, 6.07) is 0.183. The van der Waals surface area contributed by atoms with Gasteiger partial charge in [-0.25, -0.2) is 5.43 Å². The maximum absolute atomic E-state index is 10.6.